The standard InChI is InChI=1S/C10H21NO2S/c1-9(6-7-11)14-8-4-2-3-5-10(12)13/h9H,2-8,11H2,1H3,(H,12,13). The van der Waals surface area contributed by atoms with Crippen LogP contribution in [0, 0.1) is 0 Å². The van der Waals surface area contributed by atoms with Crippen LogP contribution in [0.2, 0.25) is 0 Å². The van der Waals surface area contributed by atoms with Crippen molar-refractivity contribution in [3.05, 3.63) is 0 Å². The summed E-state index contributed by atoms with van der Waals surface area (Å²) in [5.74, 6) is 0.440. The van der Waals surface area contributed by atoms with E-state index in [1.54, 1.807) is 0 Å². The molecule has 0 saturated heterocycles. The number of carboxylic acid groups (broad SMARTS) is 1. The molecule has 0 rings (SSSR count). The molecule has 1 unspecified atom stereocenters. The van der Waals surface area contributed by atoms with Crippen molar-refractivity contribution >= 4 is 17.7 Å². The van der Waals surface area contributed by atoms with Crippen LogP contribution in [0.1, 0.15) is 39.0 Å². The average Bonchev–Trinajstić information content (AvgIpc) is 2.11. The summed E-state index contributed by atoms with van der Waals surface area (Å²) < 4.78 is 0. The summed E-state index contributed by atoms with van der Waals surface area (Å²) in [7, 11) is 0. The number of aliphatic carboxylic acids is 1. The number of thioether (sulfide) groups is 1. The minimum atomic E-state index is -0.686. The van der Waals surface area contributed by atoms with Crippen LogP contribution in [0.4, 0.5) is 0 Å². The van der Waals surface area contributed by atoms with Crippen molar-refractivity contribution in [2.75, 3.05) is 12.3 Å². The predicted molar refractivity (Wildman–Crippen MR) is 61.7 cm³/mol. The Morgan fingerprint density at radius 3 is 2.71 bits per heavy atom. The summed E-state index contributed by atoms with van der Waals surface area (Å²) in [6.07, 6.45) is 4.32. The number of rotatable bonds is 9. The van der Waals surface area contributed by atoms with Gasteiger partial charge in [-0.25, -0.2) is 0 Å². The first-order chi connectivity index (χ1) is 6.66. The van der Waals surface area contributed by atoms with Gasteiger partial charge in [0.1, 0.15) is 0 Å². The first kappa shape index (κ1) is 13.8. The van der Waals surface area contributed by atoms with Crippen LogP contribution in [-0.4, -0.2) is 28.6 Å². The van der Waals surface area contributed by atoms with Gasteiger partial charge in [-0.15, -0.1) is 0 Å². The minimum absolute atomic E-state index is 0.309. The lowest BCUT2D eigenvalue weighted by Crippen LogP contribution is -2.07. The molecule has 0 fully saturated rings. The van der Waals surface area contributed by atoms with E-state index < -0.39 is 5.97 Å². The van der Waals surface area contributed by atoms with Gasteiger partial charge in [-0.3, -0.25) is 4.79 Å². The summed E-state index contributed by atoms with van der Waals surface area (Å²) in [5, 5.41) is 9.05. The second-order valence-electron chi connectivity index (χ2n) is 3.46. The zero-order chi connectivity index (χ0) is 10.8. The average molecular weight is 219 g/mol. The molecule has 0 aliphatic rings. The van der Waals surface area contributed by atoms with Crippen LogP contribution in [0.3, 0.4) is 0 Å². The fourth-order valence-electron chi connectivity index (χ4n) is 1.16. The molecular weight excluding hydrogens is 198 g/mol. The lowest BCUT2D eigenvalue weighted by molar-refractivity contribution is -0.137. The monoisotopic (exact) mass is 219 g/mol. The summed E-state index contributed by atoms with van der Waals surface area (Å²) in [5.41, 5.74) is 5.44. The Kier molecular flexibility index (Phi) is 9.19. The van der Waals surface area contributed by atoms with Crippen LogP contribution >= 0.6 is 11.8 Å². The van der Waals surface area contributed by atoms with Gasteiger partial charge in [0.25, 0.3) is 0 Å². The topological polar surface area (TPSA) is 63.3 Å². The molecule has 0 aromatic rings. The second-order valence-corrected chi connectivity index (χ2v) is 5.01. The molecular formula is C10H21NO2S. The lowest BCUT2D eigenvalue weighted by Gasteiger charge is -2.08. The van der Waals surface area contributed by atoms with E-state index >= 15 is 0 Å². The molecule has 84 valence electrons. The zero-order valence-electron chi connectivity index (χ0n) is 8.87. The maximum atomic E-state index is 10.2. The highest BCUT2D eigenvalue weighted by atomic mass is 32.2. The molecule has 0 heterocycles. The minimum Gasteiger partial charge on any atom is -0.481 e. The van der Waals surface area contributed by atoms with Crippen molar-refractivity contribution < 1.29 is 9.90 Å². The molecule has 0 aromatic carbocycles. The van der Waals surface area contributed by atoms with E-state index in [0.717, 1.165) is 38.0 Å². The first-order valence-electron chi connectivity index (χ1n) is 5.20. The molecule has 4 heteroatoms. The summed E-state index contributed by atoms with van der Waals surface area (Å²) >= 11 is 1.93. The molecule has 0 saturated carbocycles. The molecule has 0 aliphatic heterocycles. The van der Waals surface area contributed by atoms with Crippen LogP contribution in [0.15, 0.2) is 0 Å². The fourth-order valence-corrected chi connectivity index (χ4v) is 2.23. The van der Waals surface area contributed by atoms with Crippen molar-refractivity contribution in [2.24, 2.45) is 5.73 Å². The highest BCUT2D eigenvalue weighted by Gasteiger charge is 2.01. The van der Waals surface area contributed by atoms with E-state index in [2.05, 4.69) is 6.92 Å². The van der Waals surface area contributed by atoms with Gasteiger partial charge in [-0.2, -0.15) is 11.8 Å². The van der Waals surface area contributed by atoms with E-state index in [1.807, 2.05) is 11.8 Å². The number of hydrogen-bond donors (Lipinski definition) is 2. The Balaban J connectivity index is 3.09. The predicted octanol–water partition coefficient (Wildman–Crippen LogP) is 2.10. The van der Waals surface area contributed by atoms with E-state index in [9.17, 15) is 4.79 Å². The Labute approximate surface area is 90.4 Å². The van der Waals surface area contributed by atoms with Gasteiger partial charge in [0, 0.05) is 11.7 Å². The zero-order valence-corrected chi connectivity index (χ0v) is 9.68. The molecule has 14 heavy (non-hydrogen) atoms. The van der Waals surface area contributed by atoms with Gasteiger partial charge in [0.15, 0.2) is 0 Å². The Hall–Kier alpha value is -0.220. The van der Waals surface area contributed by atoms with Crippen molar-refractivity contribution in [2.45, 2.75) is 44.3 Å². The number of unbranched alkanes of at least 4 members (excludes halogenated alkanes) is 2. The number of carboxylic acids is 1. The first-order valence-corrected chi connectivity index (χ1v) is 6.25. The quantitative estimate of drug-likeness (QED) is 0.583. The van der Waals surface area contributed by atoms with E-state index in [0.29, 0.717) is 11.7 Å². The van der Waals surface area contributed by atoms with Crippen molar-refractivity contribution in [3.63, 3.8) is 0 Å². The van der Waals surface area contributed by atoms with Crippen molar-refractivity contribution in [1.29, 1.82) is 0 Å². The maximum absolute atomic E-state index is 10.2. The largest absolute Gasteiger partial charge is 0.481 e. The molecule has 3 nitrogen and oxygen atoms in total. The highest BCUT2D eigenvalue weighted by molar-refractivity contribution is 7.99. The van der Waals surface area contributed by atoms with Crippen LogP contribution < -0.4 is 5.73 Å². The van der Waals surface area contributed by atoms with Gasteiger partial charge in [0.2, 0.25) is 0 Å². The number of carbonyl (C=O) groups is 1. The van der Waals surface area contributed by atoms with Crippen LogP contribution in [-0.2, 0) is 4.79 Å². The third-order valence-corrected chi connectivity index (χ3v) is 3.34. The van der Waals surface area contributed by atoms with Gasteiger partial charge in [0.05, 0.1) is 0 Å². The summed E-state index contributed by atoms with van der Waals surface area (Å²) in [6.45, 7) is 2.95. The SMILES string of the molecule is CC(CCN)SCCCCCC(=O)O. The normalized spacial score (nSPS) is 12.7. The van der Waals surface area contributed by atoms with Crippen LogP contribution in [0.5, 0.6) is 0 Å². The van der Waals surface area contributed by atoms with Gasteiger partial charge < -0.3 is 10.8 Å². The molecule has 0 aromatic heterocycles. The molecule has 0 radical (unpaired) electrons. The van der Waals surface area contributed by atoms with E-state index in [1.165, 1.54) is 0 Å². The van der Waals surface area contributed by atoms with Crippen LogP contribution in [0.25, 0.3) is 0 Å². The Morgan fingerprint density at radius 1 is 1.43 bits per heavy atom. The molecule has 0 spiro atoms. The third kappa shape index (κ3) is 9.86. The number of hydrogen-bond acceptors (Lipinski definition) is 3. The maximum Gasteiger partial charge on any atom is 0.303 e. The Bertz CT molecular complexity index is 153. The molecule has 0 amide bonds. The second kappa shape index (κ2) is 9.34. The summed E-state index contributed by atoms with van der Waals surface area (Å²) in [6, 6.07) is 0. The number of nitrogens with two attached hydrogens (primary N) is 1. The van der Waals surface area contributed by atoms with E-state index in [4.69, 9.17) is 10.8 Å². The highest BCUT2D eigenvalue weighted by Crippen LogP contribution is 2.15. The molecule has 3 N–H and O–H groups in total. The Morgan fingerprint density at radius 2 is 2.14 bits per heavy atom. The molecule has 0 aliphatic carbocycles. The summed E-state index contributed by atoms with van der Waals surface area (Å²) in [4.78, 5) is 10.2. The molecule has 0 bridgehead atoms. The fraction of sp³-hybridized carbons (Fsp3) is 0.900. The van der Waals surface area contributed by atoms with E-state index in [-0.39, 0.29) is 0 Å². The van der Waals surface area contributed by atoms with Crippen molar-refractivity contribution in [3.8, 4) is 0 Å². The third-order valence-electron chi connectivity index (χ3n) is 2.01. The van der Waals surface area contributed by atoms with Crippen molar-refractivity contribution in [1.82, 2.24) is 0 Å². The van der Waals surface area contributed by atoms with Gasteiger partial charge in [-0.1, -0.05) is 13.3 Å². The van der Waals surface area contributed by atoms with Gasteiger partial charge >= 0.3 is 5.97 Å². The molecule has 1 atom stereocenters. The smallest absolute Gasteiger partial charge is 0.303 e. The lowest BCUT2D eigenvalue weighted by atomic mass is 10.2. The van der Waals surface area contributed by atoms with Gasteiger partial charge in [-0.05, 0) is 31.6 Å².